The van der Waals surface area contributed by atoms with Crippen molar-refractivity contribution in [2.45, 2.75) is 51.2 Å². The fourth-order valence-corrected chi connectivity index (χ4v) is 2.14. The Morgan fingerprint density at radius 1 is 1.33 bits per heavy atom. The van der Waals surface area contributed by atoms with Crippen LogP contribution in [0.25, 0.3) is 0 Å². The molecule has 0 aromatic carbocycles. The SMILES string of the molecule is CC(CNC(=O)NC1CCCCC1O)CC(=O)O. The standard InChI is InChI=1S/C12H22N2O4/c1-8(6-11(16)17)7-13-12(18)14-9-4-2-3-5-10(9)15/h8-10,15H,2-7H2,1H3,(H,16,17)(H2,13,14,18). The lowest BCUT2D eigenvalue weighted by atomic mass is 9.93. The highest BCUT2D eigenvalue weighted by atomic mass is 16.4. The van der Waals surface area contributed by atoms with Crippen LogP contribution in [-0.4, -0.2) is 40.9 Å². The number of amides is 2. The second-order valence-corrected chi connectivity index (χ2v) is 5.02. The molecule has 6 heteroatoms. The number of aliphatic carboxylic acids is 1. The lowest BCUT2D eigenvalue weighted by molar-refractivity contribution is -0.137. The lowest BCUT2D eigenvalue weighted by Crippen LogP contribution is -2.49. The molecule has 0 aromatic rings. The van der Waals surface area contributed by atoms with Gasteiger partial charge in [-0.2, -0.15) is 0 Å². The van der Waals surface area contributed by atoms with Crippen molar-refractivity contribution in [3.8, 4) is 0 Å². The van der Waals surface area contributed by atoms with E-state index in [-0.39, 0.29) is 24.4 Å². The maximum atomic E-state index is 11.6. The van der Waals surface area contributed by atoms with Crippen LogP contribution in [0.15, 0.2) is 0 Å². The second-order valence-electron chi connectivity index (χ2n) is 5.02. The number of carboxylic acid groups (broad SMARTS) is 1. The molecule has 0 aromatic heterocycles. The Hall–Kier alpha value is -1.30. The first-order valence-corrected chi connectivity index (χ1v) is 6.43. The minimum atomic E-state index is -0.868. The number of rotatable bonds is 5. The summed E-state index contributed by atoms with van der Waals surface area (Å²) in [5, 5.41) is 23.6. The summed E-state index contributed by atoms with van der Waals surface area (Å²) in [6.45, 7) is 2.09. The van der Waals surface area contributed by atoms with E-state index >= 15 is 0 Å². The Balaban J connectivity index is 2.22. The zero-order valence-electron chi connectivity index (χ0n) is 10.7. The summed E-state index contributed by atoms with van der Waals surface area (Å²) in [5.41, 5.74) is 0. The van der Waals surface area contributed by atoms with E-state index in [0.29, 0.717) is 6.54 Å². The Labute approximate surface area is 107 Å². The van der Waals surface area contributed by atoms with Crippen LogP contribution in [0.2, 0.25) is 0 Å². The van der Waals surface area contributed by atoms with E-state index in [9.17, 15) is 14.7 Å². The molecule has 1 saturated carbocycles. The molecule has 0 bridgehead atoms. The third-order valence-electron chi connectivity index (χ3n) is 3.18. The number of carbonyl (C=O) groups excluding carboxylic acids is 1. The van der Waals surface area contributed by atoms with Gasteiger partial charge >= 0.3 is 12.0 Å². The maximum absolute atomic E-state index is 11.6. The average Bonchev–Trinajstić information content (AvgIpc) is 2.29. The van der Waals surface area contributed by atoms with Crippen molar-refractivity contribution in [3.63, 3.8) is 0 Å². The van der Waals surface area contributed by atoms with Crippen molar-refractivity contribution >= 4 is 12.0 Å². The van der Waals surface area contributed by atoms with E-state index in [1.807, 2.05) is 0 Å². The molecule has 1 fully saturated rings. The predicted molar refractivity (Wildman–Crippen MR) is 66.2 cm³/mol. The van der Waals surface area contributed by atoms with Gasteiger partial charge in [0.05, 0.1) is 12.1 Å². The highest BCUT2D eigenvalue weighted by molar-refractivity contribution is 5.74. The van der Waals surface area contributed by atoms with Gasteiger partial charge in [0.15, 0.2) is 0 Å². The number of nitrogens with one attached hydrogen (secondary N) is 2. The molecule has 6 nitrogen and oxygen atoms in total. The zero-order valence-corrected chi connectivity index (χ0v) is 10.7. The molecule has 0 aliphatic heterocycles. The first-order chi connectivity index (χ1) is 8.49. The number of aliphatic hydroxyl groups excluding tert-OH is 1. The molecule has 18 heavy (non-hydrogen) atoms. The van der Waals surface area contributed by atoms with Crippen molar-refractivity contribution in [1.29, 1.82) is 0 Å². The number of hydrogen-bond acceptors (Lipinski definition) is 3. The fourth-order valence-electron chi connectivity index (χ4n) is 2.14. The van der Waals surface area contributed by atoms with Crippen LogP contribution in [0.1, 0.15) is 39.0 Å². The summed E-state index contributed by atoms with van der Waals surface area (Å²) in [5.74, 6) is -0.975. The van der Waals surface area contributed by atoms with Crippen molar-refractivity contribution < 1.29 is 19.8 Å². The number of urea groups is 1. The second kappa shape index (κ2) is 7.20. The Morgan fingerprint density at radius 2 is 2.00 bits per heavy atom. The summed E-state index contributed by atoms with van der Waals surface area (Å²) in [6.07, 6.45) is 3.08. The van der Waals surface area contributed by atoms with Gasteiger partial charge in [0.1, 0.15) is 0 Å². The molecule has 0 heterocycles. The van der Waals surface area contributed by atoms with Gasteiger partial charge in [-0.15, -0.1) is 0 Å². The summed E-state index contributed by atoms with van der Waals surface area (Å²) in [4.78, 5) is 22.0. The molecule has 3 atom stereocenters. The first-order valence-electron chi connectivity index (χ1n) is 6.43. The smallest absolute Gasteiger partial charge is 0.315 e. The summed E-state index contributed by atoms with van der Waals surface area (Å²) < 4.78 is 0. The Bertz CT molecular complexity index is 296. The molecule has 4 N–H and O–H groups in total. The molecule has 0 radical (unpaired) electrons. The Morgan fingerprint density at radius 3 is 2.61 bits per heavy atom. The van der Waals surface area contributed by atoms with Gasteiger partial charge in [0, 0.05) is 13.0 Å². The Kier molecular flexibility index (Phi) is 5.91. The minimum Gasteiger partial charge on any atom is -0.481 e. The fraction of sp³-hybridized carbons (Fsp3) is 0.833. The molecule has 104 valence electrons. The van der Waals surface area contributed by atoms with E-state index in [2.05, 4.69) is 10.6 Å². The minimum absolute atomic E-state index is 0.0341. The van der Waals surface area contributed by atoms with Crippen LogP contribution < -0.4 is 10.6 Å². The predicted octanol–water partition coefficient (Wildman–Crippen LogP) is 0.700. The zero-order chi connectivity index (χ0) is 13.5. The number of carbonyl (C=O) groups is 2. The molecule has 0 spiro atoms. The topological polar surface area (TPSA) is 98.7 Å². The van der Waals surface area contributed by atoms with Gasteiger partial charge in [0.25, 0.3) is 0 Å². The molecule has 1 aliphatic carbocycles. The molecule has 3 unspecified atom stereocenters. The lowest BCUT2D eigenvalue weighted by Gasteiger charge is -2.28. The van der Waals surface area contributed by atoms with Crippen LogP contribution in [0.4, 0.5) is 4.79 Å². The largest absolute Gasteiger partial charge is 0.481 e. The van der Waals surface area contributed by atoms with E-state index in [1.165, 1.54) is 0 Å². The number of hydrogen-bond donors (Lipinski definition) is 4. The molecular formula is C12H22N2O4. The average molecular weight is 258 g/mol. The molecule has 0 saturated heterocycles. The van der Waals surface area contributed by atoms with E-state index in [4.69, 9.17) is 5.11 Å². The third-order valence-corrected chi connectivity index (χ3v) is 3.18. The van der Waals surface area contributed by atoms with Crippen LogP contribution in [-0.2, 0) is 4.79 Å². The van der Waals surface area contributed by atoms with Gasteiger partial charge in [-0.3, -0.25) is 4.79 Å². The van der Waals surface area contributed by atoms with Gasteiger partial charge in [-0.25, -0.2) is 4.79 Å². The normalized spacial score (nSPS) is 25.2. The first kappa shape index (κ1) is 14.8. The van der Waals surface area contributed by atoms with E-state index in [0.717, 1.165) is 25.7 Å². The van der Waals surface area contributed by atoms with Crippen LogP contribution >= 0.6 is 0 Å². The number of carboxylic acids is 1. The third kappa shape index (κ3) is 5.35. The van der Waals surface area contributed by atoms with Gasteiger partial charge in [-0.1, -0.05) is 19.8 Å². The molecule has 2 amide bonds. The van der Waals surface area contributed by atoms with Crippen molar-refractivity contribution in [1.82, 2.24) is 10.6 Å². The van der Waals surface area contributed by atoms with E-state index < -0.39 is 12.1 Å². The highest BCUT2D eigenvalue weighted by Crippen LogP contribution is 2.18. The summed E-state index contributed by atoms with van der Waals surface area (Å²) in [6, 6.07) is -0.522. The molecule has 1 rings (SSSR count). The van der Waals surface area contributed by atoms with Crippen molar-refractivity contribution in [3.05, 3.63) is 0 Å². The number of aliphatic hydroxyl groups is 1. The quantitative estimate of drug-likeness (QED) is 0.583. The van der Waals surface area contributed by atoms with Crippen molar-refractivity contribution in [2.75, 3.05) is 6.54 Å². The van der Waals surface area contributed by atoms with Crippen LogP contribution in [0, 0.1) is 5.92 Å². The van der Waals surface area contributed by atoms with Crippen LogP contribution in [0.3, 0.4) is 0 Å². The van der Waals surface area contributed by atoms with Crippen molar-refractivity contribution in [2.24, 2.45) is 5.92 Å². The summed E-state index contributed by atoms with van der Waals surface area (Å²) >= 11 is 0. The van der Waals surface area contributed by atoms with Gasteiger partial charge in [-0.05, 0) is 18.8 Å². The highest BCUT2D eigenvalue weighted by Gasteiger charge is 2.24. The maximum Gasteiger partial charge on any atom is 0.315 e. The van der Waals surface area contributed by atoms with Gasteiger partial charge in [0.2, 0.25) is 0 Å². The van der Waals surface area contributed by atoms with Gasteiger partial charge < -0.3 is 20.8 Å². The monoisotopic (exact) mass is 258 g/mol. The molecule has 1 aliphatic rings. The molecular weight excluding hydrogens is 236 g/mol. The summed E-state index contributed by atoms with van der Waals surface area (Å²) in [7, 11) is 0. The van der Waals surface area contributed by atoms with E-state index in [1.54, 1.807) is 6.92 Å². The van der Waals surface area contributed by atoms with Crippen LogP contribution in [0.5, 0.6) is 0 Å².